The molecule has 0 heterocycles. The van der Waals surface area contributed by atoms with Crippen LogP contribution in [-0.4, -0.2) is 24.6 Å². The van der Waals surface area contributed by atoms with Crippen LogP contribution in [0.4, 0.5) is 0 Å². The monoisotopic (exact) mass is 161 g/mol. The molecule has 1 nitrogen and oxygen atoms in total. The molecule has 0 atom stereocenters. The van der Waals surface area contributed by atoms with E-state index < -0.39 is 0 Å². The maximum absolute atomic E-state index is 3.15. The van der Waals surface area contributed by atoms with Crippen molar-refractivity contribution in [2.75, 3.05) is 19.3 Å². The van der Waals surface area contributed by atoms with E-state index in [1.54, 1.807) is 0 Å². The van der Waals surface area contributed by atoms with E-state index in [4.69, 9.17) is 0 Å². The SMILES string of the molecule is CNCCCCSC(C)C. The van der Waals surface area contributed by atoms with Gasteiger partial charge >= 0.3 is 0 Å². The van der Waals surface area contributed by atoms with E-state index in [-0.39, 0.29) is 0 Å². The number of hydrogen-bond donors (Lipinski definition) is 1. The second kappa shape index (κ2) is 7.42. The maximum atomic E-state index is 3.15. The molecule has 0 aliphatic rings. The van der Waals surface area contributed by atoms with E-state index in [0.29, 0.717) is 0 Å². The molecule has 0 aliphatic carbocycles. The number of nitrogens with one attached hydrogen (secondary N) is 1. The van der Waals surface area contributed by atoms with Crippen molar-refractivity contribution in [2.45, 2.75) is 31.9 Å². The molecular weight excluding hydrogens is 142 g/mol. The van der Waals surface area contributed by atoms with Crippen molar-refractivity contribution in [3.8, 4) is 0 Å². The summed E-state index contributed by atoms with van der Waals surface area (Å²) < 4.78 is 0. The maximum Gasteiger partial charge on any atom is -0.000968 e. The van der Waals surface area contributed by atoms with Gasteiger partial charge in [-0.25, -0.2) is 0 Å². The van der Waals surface area contributed by atoms with Crippen molar-refractivity contribution >= 4 is 11.8 Å². The Morgan fingerprint density at radius 3 is 2.50 bits per heavy atom. The predicted molar refractivity (Wildman–Crippen MR) is 50.8 cm³/mol. The van der Waals surface area contributed by atoms with Crippen LogP contribution >= 0.6 is 11.8 Å². The van der Waals surface area contributed by atoms with Crippen molar-refractivity contribution < 1.29 is 0 Å². The molecule has 1 N–H and O–H groups in total. The Hall–Kier alpha value is 0.310. The number of thioether (sulfide) groups is 1. The summed E-state index contributed by atoms with van der Waals surface area (Å²) in [6, 6.07) is 0. The van der Waals surface area contributed by atoms with Crippen LogP contribution in [0.1, 0.15) is 26.7 Å². The second-order valence-corrected chi connectivity index (χ2v) is 4.41. The molecule has 0 saturated heterocycles. The molecule has 0 unspecified atom stereocenters. The van der Waals surface area contributed by atoms with Gasteiger partial charge in [0.25, 0.3) is 0 Å². The Morgan fingerprint density at radius 1 is 1.30 bits per heavy atom. The molecule has 0 bridgehead atoms. The number of unbranched alkanes of at least 4 members (excludes halogenated alkanes) is 1. The molecule has 10 heavy (non-hydrogen) atoms. The Balaban J connectivity index is 2.77. The molecule has 0 saturated carbocycles. The van der Waals surface area contributed by atoms with Gasteiger partial charge in [0.2, 0.25) is 0 Å². The Labute approximate surface area is 69.0 Å². The molecule has 0 spiro atoms. The molecule has 0 radical (unpaired) electrons. The summed E-state index contributed by atoms with van der Waals surface area (Å²) in [5.74, 6) is 1.32. The van der Waals surface area contributed by atoms with Gasteiger partial charge in [0, 0.05) is 0 Å². The van der Waals surface area contributed by atoms with Crippen LogP contribution in [0.5, 0.6) is 0 Å². The first-order chi connectivity index (χ1) is 4.77. The average Bonchev–Trinajstić information content (AvgIpc) is 1.87. The molecule has 0 aliphatic heterocycles. The molecule has 0 rings (SSSR count). The van der Waals surface area contributed by atoms with Crippen LogP contribution in [0.2, 0.25) is 0 Å². The lowest BCUT2D eigenvalue weighted by atomic mass is 10.3. The first-order valence-electron chi connectivity index (χ1n) is 4.03. The van der Waals surface area contributed by atoms with E-state index in [1.165, 1.54) is 25.1 Å². The highest BCUT2D eigenvalue weighted by atomic mass is 32.2. The molecule has 0 aromatic heterocycles. The van der Waals surface area contributed by atoms with Gasteiger partial charge in [-0.1, -0.05) is 13.8 Å². The van der Waals surface area contributed by atoms with Gasteiger partial charge in [-0.2, -0.15) is 11.8 Å². The summed E-state index contributed by atoms with van der Waals surface area (Å²) in [6.45, 7) is 5.67. The molecule has 0 aromatic rings. The van der Waals surface area contributed by atoms with E-state index in [9.17, 15) is 0 Å². The van der Waals surface area contributed by atoms with Crippen LogP contribution in [0.25, 0.3) is 0 Å². The Bertz CT molecular complexity index is 64.3. The Morgan fingerprint density at radius 2 is 2.00 bits per heavy atom. The van der Waals surface area contributed by atoms with Gasteiger partial charge in [0.1, 0.15) is 0 Å². The normalized spacial score (nSPS) is 10.8. The van der Waals surface area contributed by atoms with Gasteiger partial charge in [0.15, 0.2) is 0 Å². The molecular formula is C8H19NS. The Kier molecular flexibility index (Phi) is 7.65. The van der Waals surface area contributed by atoms with Crippen molar-refractivity contribution in [1.82, 2.24) is 5.32 Å². The topological polar surface area (TPSA) is 12.0 Å². The third-order valence-corrected chi connectivity index (χ3v) is 2.46. The minimum Gasteiger partial charge on any atom is -0.320 e. The minimum absolute atomic E-state index is 0.801. The molecule has 2 heteroatoms. The van der Waals surface area contributed by atoms with Crippen molar-refractivity contribution in [3.63, 3.8) is 0 Å². The van der Waals surface area contributed by atoms with Gasteiger partial charge < -0.3 is 5.32 Å². The second-order valence-electron chi connectivity index (χ2n) is 2.73. The summed E-state index contributed by atoms with van der Waals surface area (Å²) in [4.78, 5) is 0. The van der Waals surface area contributed by atoms with Gasteiger partial charge in [0.05, 0.1) is 0 Å². The van der Waals surface area contributed by atoms with Crippen LogP contribution in [0.3, 0.4) is 0 Å². The zero-order valence-electron chi connectivity index (χ0n) is 7.31. The molecule has 0 amide bonds. The van der Waals surface area contributed by atoms with E-state index in [1.807, 2.05) is 7.05 Å². The first-order valence-corrected chi connectivity index (χ1v) is 5.08. The lowest BCUT2D eigenvalue weighted by Gasteiger charge is -2.03. The fourth-order valence-corrected chi connectivity index (χ4v) is 1.57. The van der Waals surface area contributed by atoms with Gasteiger partial charge in [-0.05, 0) is 37.4 Å². The van der Waals surface area contributed by atoms with Crippen molar-refractivity contribution in [2.24, 2.45) is 0 Å². The summed E-state index contributed by atoms with van der Waals surface area (Å²) in [5.41, 5.74) is 0. The van der Waals surface area contributed by atoms with Crippen LogP contribution in [0, 0.1) is 0 Å². The van der Waals surface area contributed by atoms with E-state index in [2.05, 4.69) is 30.9 Å². The van der Waals surface area contributed by atoms with E-state index in [0.717, 1.165) is 5.25 Å². The highest BCUT2D eigenvalue weighted by Crippen LogP contribution is 2.10. The van der Waals surface area contributed by atoms with Crippen molar-refractivity contribution in [3.05, 3.63) is 0 Å². The lowest BCUT2D eigenvalue weighted by Crippen LogP contribution is -2.07. The fourth-order valence-electron chi connectivity index (χ4n) is 0.723. The number of hydrogen-bond acceptors (Lipinski definition) is 2. The first kappa shape index (κ1) is 10.3. The van der Waals surface area contributed by atoms with Crippen LogP contribution in [0.15, 0.2) is 0 Å². The predicted octanol–water partition coefficient (Wildman–Crippen LogP) is 2.13. The summed E-state index contributed by atoms with van der Waals surface area (Å²) in [7, 11) is 2.01. The van der Waals surface area contributed by atoms with Crippen molar-refractivity contribution in [1.29, 1.82) is 0 Å². The minimum atomic E-state index is 0.801. The van der Waals surface area contributed by atoms with E-state index >= 15 is 0 Å². The highest BCUT2D eigenvalue weighted by Gasteiger charge is 1.92. The zero-order chi connectivity index (χ0) is 7.82. The molecule has 0 aromatic carbocycles. The summed E-state index contributed by atoms with van der Waals surface area (Å²) in [6.07, 6.45) is 2.67. The van der Waals surface area contributed by atoms with Crippen LogP contribution < -0.4 is 5.32 Å². The average molecular weight is 161 g/mol. The fraction of sp³-hybridized carbons (Fsp3) is 1.00. The lowest BCUT2D eigenvalue weighted by molar-refractivity contribution is 0.714. The summed E-state index contributed by atoms with van der Waals surface area (Å²) in [5, 5.41) is 3.95. The third-order valence-electron chi connectivity index (χ3n) is 1.27. The number of rotatable bonds is 6. The highest BCUT2D eigenvalue weighted by molar-refractivity contribution is 7.99. The molecule has 0 fully saturated rings. The quantitative estimate of drug-likeness (QED) is 0.599. The smallest absolute Gasteiger partial charge is 0.000968 e. The van der Waals surface area contributed by atoms with Gasteiger partial charge in [-0.3, -0.25) is 0 Å². The summed E-state index contributed by atoms with van der Waals surface area (Å²) >= 11 is 2.05. The van der Waals surface area contributed by atoms with Crippen LogP contribution in [-0.2, 0) is 0 Å². The third kappa shape index (κ3) is 8.31. The largest absolute Gasteiger partial charge is 0.320 e. The zero-order valence-corrected chi connectivity index (χ0v) is 8.13. The van der Waals surface area contributed by atoms with Gasteiger partial charge in [-0.15, -0.1) is 0 Å². The standard InChI is InChI=1S/C8H19NS/c1-8(2)10-7-5-4-6-9-3/h8-9H,4-7H2,1-3H3. The molecule has 62 valence electrons.